The van der Waals surface area contributed by atoms with Gasteiger partial charge in [0.25, 0.3) is 0 Å². The molecule has 5 N–H and O–H groups in total. The molecule has 0 aliphatic carbocycles. The van der Waals surface area contributed by atoms with Gasteiger partial charge in [-0.05, 0) is 61.4 Å². The van der Waals surface area contributed by atoms with E-state index in [1.165, 1.54) is 6.08 Å². The largest absolute Gasteiger partial charge is 0.480 e. The van der Waals surface area contributed by atoms with E-state index in [4.69, 9.17) is 21.2 Å². The number of nitrogens with zero attached hydrogens (tertiary/aromatic N) is 2. The van der Waals surface area contributed by atoms with Crippen molar-refractivity contribution in [1.82, 2.24) is 5.32 Å². The quantitative estimate of drug-likeness (QED) is 0.235. The molecular formula is C22H28N4O5. The van der Waals surface area contributed by atoms with Crippen molar-refractivity contribution in [2.24, 2.45) is 5.73 Å². The highest BCUT2D eigenvalue weighted by Crippen LogP contribution is 2.28. The standard InChI is InChI=1S/C22H28N4O5/c23-14-17(21(28)29)13-15-6-7-19-16(12-15)4-3-10-26(19)11-8-20(27)25-9-2-1-5-18(24)22(30)31/h6-7,12-13,18H,1-5,8-11,24H2,(H,25,27)(H,28,29)(H,30,31)/b17-13+. The molecule has 0 spiro atoms. The first kappa shape index (κ1) is 23.9. The van der Waals surface area contributed by atoms with Gasteiger partial charge >= 0.3 is 11.9 Å². The van der Waals surface area contributed by atoms with Crippen molar-refractivity contribution in [1.29, 1.82) is 5.26 Å². The first-order valence-electron chi connectivity index (χ1n) is 10.3. The molecule has 1 aromatic rings. The number of amides is 1. The summed E-state index contributed by atoms with van der Waals surface area (Å²) in [6.07, 6.45) is 5.18. The molecule has 0 bridgehead atoms. The van der Waals surface area contributed by atoms with Crippen LogP contribution in [0.5, 0.6) is 0 Å². The van der Waals surface area contributed by atoms with Gasteiger partial charge in [0.2, 0.25) is 5.91 Å². The van der Waals surface area contributed by atoms with Crippen LogP contribution in [-0.2, 0) is 20.8 Å². The SMILES string of the molecule is N#C/C(=C\c1ccc2c(c1)CCCN2CCC(=O)NCCCCC(N)C(=O)O)C(=O)O. The number of carboxylic acid groups (broad SMARTS) is 2. The molecule has 0 saturated heterocycles. The fourth-order valence-electron chi connectivity index (χ4n) is 3.49. The van der Waals surface area contributed by atoms with Gasteiger partial charge in [-0.25, -0.2) is 4.79 Å². The summed E-state index contributed by atoms with van der Waals surface area (Å²) in [5.74, 6) is -2.33. The molecule has 1 aliphatic rings. The minimum atomic E-state index is -1.25. The molecule has 1 aromatic carbocycles. The van der Waals surface area contributed by atoms with Crippen molar-refractivity contribution >= 4 is 29.6 Å². The number of nitrogens with two attached hydrogens (primary N) is 1. The van der Waals surface area contributed by atoms with E-state index in [9.17, 15) is 14.4 Å². The van der Waals surface area contributed by atoms with E-state index in [1.54, 1.807) is 12.1 Å². The third kappa shape index (κ3) is 7.42. The van der Waals surface area contributed by atoms with E-state index in [0.29, 0.717) is 44.3 Å². The molecule has 9 heteroatoms. The normalized spacial score (nSPS) is 14.3. The number of aryl methyl sites for hydroxylation is 1. The van der Waals surface area contributed by atoms with Crippen LogP contribution < -0.4 is 16.0 Å². The Balaban J connectivity index is 1.84. The lowest BCUT2D eigenvalue weighted by Crippen LogP contribution is -2.34. The highest BCUT2D eigenvalue weighted by atomic mass is 16.4. The summed E-state index contributed by atoms with van der Waals surface area (Å²) < 4.78 is 0. The number of nitrogens with one attached hydrogen (secondary N) is 1. The average Bonchev–Trinajstić information content (AvgIpc) is 2.74. The van der Waals surface area contributed by atoms with Gasteiger partial charge in [-0.3, -0.25) is 9.59 Å². The Morgan fingerprint density at radius 3 is 2.74 bits per heavy atom. The fraction of sp³-hybridized carbons (Fsp3) is 0.455. The third-order valence-corrected chi connectivity index (χ3v) is 5.17. The molecule has 1 heterocycles. The van der Waals surface area contributed by atoms with Crippen LogP contribution in [0, 0.1) is 11.3 Å². The van der Waals surface area contributed by atoms with Crippen molar-refractivity contribution in [3.05, 3.63) is 34.9 Å². The molecule has 1 atom stereocenters. The Hall–Kier alpha value is -3.38. The van der Waals surface area contributed by atoms with Crippen LogP contribution in [-0.4, -0.2) is 53.7 Å². The lowest BCUT2D eigenvalue weighted by molar-refractivity contribution is -0.138. The van der Waals surface area contributed by atoms with E-state index in [1.807, 2.05) is 12.1 Å². The van der Waals surface area contributed by atoms with Crippen molar-refractivity contribution in [2.75, 3.05) is 24.5 Å². The molecule has 1 amide bonds. The number of anilines is 1. The van der Waals surface area contributed by atoms with Crippen LogP contribution in [0.25, 0.3) is 6.08 Å². The van der Waals surface area contributed by atoms with E-state index in [-0.39, 0.29) is 11.5 Å². The average molecular weight is 428 g/mol. The first-order valence-corrected chi connectivity index (χ1v) is 10.3. The zero-order chi connectivity index (χ0) is 22.8. The van der Waals surface area contributed by atoms with Crippen molar-refractivity contribution in [3.63, 3.8) is 0 Å². The Morgan fingerprint density at radius 1 is 1.29 bits per heavy atom. The highest BCUT2D eigenvalue weighted by molar-refractivity contribution is 5.96. The molecule has 1 unspecified atom stereocenters. The first-order chi connectivity index (χ1) is 14.8. The molecular weight excluding hydrogens is 400 g/mol. The molecule has 1 aliphatic heterocycles. The van der Waals surface area contributed by atoms with Crippen molar-refractivity contribution < 1.29 is 24.6 Å². The van der Waals surface area contributed by atoms with E-state index < -0.39 is 18.0 Å². The number of carbonyl (C=O) groups is 3. The molecule has 0 radical (unpaired) electrons. The number of carbonyl (C=O) groups excluding carboxylic acids is 1. The number of carboxylic acids is 2. The summed E-state index contributed by atoms with van der Waals surface area (Å²) in [6, 6.07) is 6.39. The molecule has 166 valence electrons. The summed E-state index contributed by atoms with van der Waals surface area (Å²) >= 11 is 0. The van der Waals surface area contributed by atoms with E-state index in [2.05, 4.69) is 10.2 Å². The second-order valence-electron chi connectivity index (χ2n) is 7.49. The van der Waals surface area contributed by atoms with Gasteiger partial charge in [-0.1, -0.05) is 6.07 Å². The van der Waals surface area contributed by atoms with Crippen LogP contribution in [0.3, 0.4) is 0 Å². The van der Waals surface area contributed by atoms with Gasteiger partial charge in [0.15, 0.2) is 0 Å². The molecule has 2 rings (SSSR count). The predicted molar refractivity (Wildman–Crippen MR) is 115 cm³/mol. The van der Waals surface area contributed by atoms with E-state index in [0.717, 1.165) is 30.6 Å². The fourth-order valence-corrected chi connectivity index (χ4v) is 3.49. The molecule has 31 heavy (non-hydrogen) atoms. The van der Waals surface area contributed by atoms with Gasteiger partial charge in [-0.2, -0.15) is 5.26 Å². The van der Waals surface area contributed by atoms with Gasteiger partial charge in [0.05, 0.1) is 0 Å². The monoisotopic (exact) mass is 428 g/mol. The second-order valence-corrected chi connectivity index (χ2v) is 7.49. The summed E-state index contributed by atoms with van der Waals surface area (Å²) in [6.45, 7) is 1.89. The zero-order valence-corrected chi connectivity index (χ0v) is 17.3. The summed E-state index contributed by atoms with van der Waals surface area (Å²) in [4.78, 5) is 36.0. The number of rotatable bonds is 11. The topological polar surface area (TPSA) is 157 Å². The lowest BCUT2D eigenvalue weighted by Gasteiger charge is -2.31. The maximum absolute atomic E-state index is 12.1. The maximum Gasteiger partial charge on any atom is 0.346 e. The number of fused-ring (bicyclic) bond motifs is 1. The molecule has 0 fully saturated rings. The summed E-state index contributed by atoms with van der Waals surface area (Å²) in [5.41, 5.74) is 7.89. The minimum Gasteiger partial charge on any atom is -0.480 e. The Morgan fingerprint density at radius 2 is 2.06 bits per heavy atom. The Labute approximate surface area is 181 Å². The smallest absolute Gasteiger partial charge is 0.346 e. The van der Waals surface area contributed by atoms with Crippen LogP contribution in [0.2, 0.25) is 0 Å². The number of hydrogen-bond acceptors (Lipinski definition) is 6. The van der Waals surface area contributed by atoms with E-state index >= 15 is 0 Å². The van der Waals surface area contributed by atoms with Crippen molar-refractivity contribution in [2.45, 2.75) is 44.6 Å². The highest BCUT2D eigenvalue weighted by Gasteiger charge is 2.18. The van der Waals surface area contributed by atoms with Gasteiger partial charge in [-0.15, -0.1) is 0 Å². The summed E-state index contributed by atoms with van der Waals surface area (Å²) in [5, 5.41) is 29.5. The van der Waals surface area contributed by atoms with Crippen molar-refractivity contribution in [3.8, 4) is 6.07 Å². The van der Waals surface area contributed by atoms with Gasteiger partial charge in [0.1, 0.15) is 17.7 Å². The van der Waals surface area contributed by atoms with Gasteiger partial charge in [0, 0.05) is 31.7 Å². The Kier molecular flexibility index (Phi) is 9.03. The number of nitriles is 1. The molecule has 9 nitrogen and oxygen atoms in total. The van der Waals surface area contributed by atoms with Crippen LogP contribution >= 0.6 is 0 Å². The number of aliphatic carboxylic acids is 2. The van der Waals surface area contributed by atoms with Crippen LogP contribution in [0.15, 0.2) is 23.8 Å². The zero-order valence-electron chi connectivity index (χ0n) is 17.3. The molecule has 0 saturated carbocycles. The number of hydrogen-bond donors (Lipinski definition) is 4. The summed E-state index contributed by atoms with van der Waals surface area (Å²) in [7, 11) is 0. The van der Waals surface area contributed by atoms with Gasteiger partial charge < -0.3 is 26.2 Å². The number of unbranched alkanes of at least 4 members (excludes halogenated alkanes) is 1. The maximum atomic E-state index is 12.1. The number of benzene rings is 1. The molecule has 0 aromatic heterocycles. The second kappa shape index (κ2) is 11.7. The Bertz CT molecular complexity index is 890. The van der Waals surface area contributed by atoms with Crippen LogP contribution in [0.4, 0.5) is 5.69 Å². The lowest BCUT2D eigenvalue weighted by atomic mass is 9.98. The predicted octanol–water partition coefficient (Wildman–Crippen LogP) is 1.52. The van der Waals surface area contributed by atoms with Crippen LogP contribution in [0.1, 0.15) is 43.2 Å². The minimum absolute atomic E-state index is 0.0608. The third-order valence-electron chi connectivity index (χ3n) is 5.17.